The maximum atomic E-state index is 12.2. The average molecular weight is 374 g/mol. The van der Waals surface area contributed by atoms with Crippen LogP contribution in [0.25, 0.3) is 0 Å². The Bertz CT molecular complexity index is 794. The number of rotatable bonds is 5. The van der Waals surface area contributed by atoms with Crippen LogP contribution in [0, 0.1) is 13.8 Å². The number of aromatic nitrogens is 2. The Labute approximate surface area is 156 Å². The smallest absolute Gasteiger partial charge is 0.323 e. The van der Waals surface area contributed by atoms with Gasteiger partial charge in [0.05, 0.1) is 25.0 Å². The summed E-state index contributed by atoms with van der Waals surface area (Å²) in [4.78, 5) is 26.5. The second-order valence-corrected chi connectivity index (χ2v) is 7.15. The Morgan fingerprint density at radius 3 is 2.88 bits per heavy atom. The van der Waals surface area contributed by atoms with Crippen molar-refractivity contribution in [2.75, 3.05) is 13.7 Å². The van der Waals surface area contributed by atoms with E-state index in [4.69, 9.17) is 4.74 Å². The molecule has 1 amide bonds. The minimum absolute atomic E-state index is 0.140. The van der Waals surface area contributed by atoms with Crippen LogP contribution in [0.5, 0.6) is 0 Å². The van der Waals surface area contributed by atoms with Gasteiger partial charge in [-0.15, -0.1) is 0 Å². The minimum atomic E-state index is -0.376. The van der Waals surface area contributed by atoms with Crippen LogP contribution in [0.4, 0.5) is 0 Å². The molecule has 0 aliphatic carbocycles. The number of nitrogens with one attached hydrogen (secondary N) is 1. The van der Waals surface area contributed by atoms with E-state index in [0.29, 0.717) is 25.2 Å². The highest BCUT2D eigenvalue weighted by atomic mass is 32.1. The normalized spacial score (nSPS) is 20.1. The minimum Gasteiger partial charge on any atom is -0.468 e. The lowest BCUT2D eigenvalue weighted by atomic mass is 10.0. The number of likely N-dealkylation sites (tertiary alicyclic amines) is 1. The van der Waals surface area contributed by atoms with Crippen LogP contribution >= 0.6 is 11.7 Å². The molecule has 1 N–H and O–H groups in total. The van der Waals surface area contributed by atoms with Gasteiger partial charge in [-0.1, -0.05) is 23.8 Å². The third-order valence-corrected chi connectivity index (χ3v) is 5.16. The van der Waals surface area contributed by atoms with Gasteiger partial charge in [-0.05, 0) is 31.4 Å². The largest absolute Gasteiger partial charge is 0.468 e. The third kappa shape index (κ3) is 4.08. The molecule has 0 radical (unpaired) electrons. The zero-order chi connectivity index (χ0) is 18.7. The van der Waals surface area contributed by atoms with Gasteiger partial charge >= 0.3 is 5.97 Å². The van der Waals surface area contributed by atoms with Crippen molar-refractivity contribution >= 4 is 23.6 Å². The SMILES string of the molecule is COC(=O)[C@@H]1C[C@H](NC(=O)c2cnsn2)CN1Cc1cc(C)ccc1C. The van der Waals surface area contributed by atoms with Crippen LogP contribution in [0.2, 0.25) is 0 Å². The highest BCUT2D eigenvalue weighted by Gasteiger charge is 2.38. The number of nitrogens with zero attached hydrogens (tertiary/aromatic N) is 3. The monoisotopic (exact) mass is 374 g/mol. The van der Waals surface area contributed by atoms with Crippen molar-refractivity contribution in [1.29, 1.82) is 0 Å². The number of methoxy groups -OCH3 is 1. The first kappa shape index (κ1) is 18.5. The Morgan fingerprint density at radius 2 is 2.19 bits per heavy atom. The van der Waals surface area contributed by atoms with Gasteiger partial charge in [0.1, 0.15) is 6.04 Å². The average Bonchev–Trinajstić information content (AvgIpc) is 3.27. The Balaban J connectivity index is 1.73. The number of aryl methyl sites for hydroxylation is 2. The van der Waals surface area contributed by atoms with E-state index in [1.165, 1.54) is 30.0 Å². The van der Waals surface area contributed by atoms with Gasteiger partial charge in [0.15, 0.2) is 5.69 Å². The van der Waals surface area contributed by atoms with E-state index >= 15 is 0 Å². The van der Waals surface area contributed by atoms with Crippen molar-refractivity contribution in [3.05, 3.63) is 46.8 Å². The molecule has 2 aromatic rings. The van der Waals surface area contributed by atoms with E-state index in [-0.39, 0.29) is 24.0 Å². The van der Waals surface area contributed by atoms with Crippen molar-refractivity contribution in [2.45, 2.75) is 38.9 Å². The molecule has 0 saturated carbocycles. The summed E-state index contributed by atoms with van der Waals surface area (Å²) in [6.07, 6.45) is 1.96. The van der Waals surface area contributed by atoms with Gasteiger partial charge in [0.25, 0.3) is 5.91 Å². The number of hydrogen-bond acceptors (Lipinski definition) is 7. The first-order valence-corrected chi connectivity index (χ1v) is 9.17. The fraction of sp³-hybridized carbons (Fsp3) is 0.444. The summed E-state index contributed by atoms with van der Waals surface area (Å²) in [5.41, 5.74) is 3.84. The van der Waals surface area contributed by atoms with E-state index in [2.05, 4.69) is 51.0 Å². The highest BCUT2D eigenvalue weighted by molar-refractivity contribution is 6.99. The van der Waals surface area contributed by atoms with E-state index < -0.39 is 0 Å². The molecular formula is C18H22N4O3S. The molecule has 3 rings (SSSR count). The number of amides is 1. The molecule has 138 valence electrons. The predicted octanol–water partition coefficient (Wildman–Crippen LogP) is 1.70. The zero-order valence-corrected chi connectivity index (χ0v) is 15.9. The molecule has 0 unspecified atom stereocenters. The molecule has 8 heteroatoms. The molecule has 2 atom stereocenters. The van der Waals surface area contributed by atoms with Gasteiger partial charge in [-0.25, -0.2) is 0 Å². The second-order valence-electron chi connectivity index (χ2n) is 6.60. The Kier molecular flexibility index (Phi) is 5.63. The van der Waals surface area contributed by atoms with Gasteiger partial charge in [-0.2, -0.15) is 8.75 Å². The summed E-state index contributed by atoms with van der Waals surface area (Å²) in [5.74, 6) is -0.539. The van der Waals surface area contributed by atoms with E-state index in [1.54, 1.807) is 0 Å². The van der Waals surface area contributed by atoms with E-state index in [1.807, 2.05) is 0 Å². The highest BCUT2D eigenvalue weighted by Crippen LogP contribution is 2.24. The molecule has 1 aromatic heterocycles. The number of ether oxygens (including phenoxy) is 1. The number of esters is 1. The van der Waals surface area contributed by atoms with Crippen molar-refractivity contribution in [2.24, 2.45) is 0 Å². The Morgan fingerprint density at radius 1 is 1.38 bits per heavy atom. The van der Waals surface area contributed by atoms with Gasteiger partial charge in [-0.3, -0.25) is 14.5 Å². The molecule has 1 aliphatic heterocycles. The summed E-state index contributed by atoms with van der Waals surface area (Å²) in [6.45, 7) is 5.33. The number of hydrogen-bond donors (Lipinski definition) is 1. The Hall–Kier alpha value is -2.32. The molecule has 0 spiro atoms. The van der Waals surface area contributed by atoms with Crippen LogP contribution in [0.1, 0.15) is 33.6 Å². The van der Waals surface area contributed by atoms with Crippen molar-refractivity contribution in [1.82, 2.24) is 19.0 Å². The molecule has 2 heterocycles. The molecule has 7 nitrogen and oxygen atoms in total. The maximum Gasteiger partial charge on any atom is 0.323 e. The summed E-state index contributed by atoms with van der Waals surface area (Å²) in [6, 6.07) is 5.78. The fourth-order valence-corrected chi connectivity index (χ4v) is 3.69. The van der Waals surface area contributed by atoms with Crippen LogP contribution < -0.4 is 5.32 Å². The molecular weight excluding hydrogens is 352 g/mol. The van der Waals surface area contributed by atoms with E-state index in [0.717, 1.165) is 11.7 Å². The lowest BCUT2D eigenvalue weighted by Crippen LogP contribution is -2.38. The lowest BCUT2D eigenvalue weighted by Gasteiger charge is -2.23. The topological polar surface area (TPSA) is 84.4 Å². The first-order chi connectivity index (χ1) is 12.5. The van der Waals surface area contributed by atoms with Crippen molar-refractivity contribution < 1.29 is 14.3 Å². The quantitative estimate of drug-likeness (QED) is 0.802. The molecule has 1 saturated heterocycles. The van der Waals surface area contributed by atoms with Crippen LogP contribution in [0.15, 0.2) is 24.4 Å². The van der Waals surface area contributed by atoms with Gasteiger partial charge in [0, 0.05) is 19.1 Å². The summed E-state index contributed by atoms with van der Waals surface area (Å²) in [5, 5.41) is 2.95. The molecule has 1 aromatic carbocycles. The van der Waals surface area contributed by atoms with E-state index in [9.17, 15) is 9.59 Å². The second kappa shape index (κ2) is 7.92. The van der Waals surface area contributed by atoms with Crippen molar-refractivity contribution in [3.63, 3.8) is 0 Å². The first-order valence-electron chi connectivity index (χ1n) is 8.44. The van der Waals surface area contributed by atoms with Gasteiger partial charge < -0.3 is 10.1 Å². The summed E-state index contributed by atoms with van der Waals surface area (Å²) >= 11 is 0.995. The number of carbonyl (C=O) groups is 2. The fourth-order valence-electron chi connectivity index (χ4n) is 3.28. The van der Waals surface area contributed by atoms with Crippen molar-refractivity contribution in [3.8, 4) is 0 Å². The molecule has 26 heavy (non-hydrogen) atoms. The third-order valence-electron chi connectivity index (χ3n) is 4.68. The maximum absolute atomic E-state index is 12.2. The van der Waals surface area contributed by atoms with Crippen LogP contribution in [-0.4, -0.2) is 51.3 Å². The number of benzene rings is 1. The zero-order valence-electron chi connectivity index (χ0n) is 15.1. The molecule has 0 bridgehead atoms. The number of carbonyl (C=O) groups excluding carboxylic acids is 2. The standard InChI is InChI=1S/C18H22N4O3S/c1-11-4-5-12(2)13(6-11)9-22-10-14(7-16(22)18(24)25-3)20-17(23)15-8-19-26-21-15/h4-6,8,14,16H,7,9-10H2,1-3H3,(H,20,23)/t14-,16-/m0/s1. The summed E-state index contributed by atoms with van der Waals surface area (Å²) < 4.78 is 12.8. The summed E-state index contributed by atoms with van der Waals surface area (Å²) in [7, 11) is 1.39. The van der Waals surface area contributed by atoms with Gasteiger partial charge in [0.2, 0.25) is 0 Å². The molecule has 1 fully saturated rings. The van der Waals surface area contributed by atoms with Crippen LogP contribution in [0.3, 0.4) is 0 Å². The predicted molar refractivity (Wildman–Crippen MR) is 97.9 cm³/mol. The van der Waals surface area contributed by atoms with Crippen LogP contribution in [-0.2, 0) is 16.1 Å². The lowest BCUT2D eigenvalue weighted by molar-refractivity contribution is -0.146. The molecule has 1 aliphatic rings.